The predicted octanol–water partition coefficient (Wildman–Crippen LogP) is 4.03. The van der Waals surface area contributed by atoms with Crippen molar-refractivity contribution in [2.24, 2.45) is 0 Å². The number of nitrogens with zero attached hydrogens (tertiary/aromatic N) is 3. The maximum atomic E-state index is 12.1. The van der Waals surface area contributed by atoms with Gasteiger partial charge in [0.1, 0.15) is 17.4 Å². The first kappa shape index (κ1) is 16.7. The largest absolute Gasteiger partial charge is 0.443 e. The topological polar surface area (TPSA) is 67.9 Å². The molecule has 2 aromatic rings. The number of pyridine rings is 1. The Labute approximate surface area is 125 Å². The van der Waals surface area contributed by atoms with Crippen LogP contribution in [0.5, 0.6) is 0 Å². The molecule has 2 rings (SSSR count). The number of carbonyl (C=O) groups is 1. The number of hydrogen-bond donors (Lipinski definition) is 0. The van der Waals surface area contributed by atoms with Gasteiger partial charge in [-0.25, -0.2) is 9.78 Å². The highest BCUT2D eigenvalue weighted by Crippen LogP contribution is 2.22. The second kappa shape index (κ2) is 6.40. The highest BCUT2D eigenvalue weighted by Gasteiger charge is 2.20. The van der Waals surface area contributed by atoms with Crippen molar-refractivity contribution in [3.05, 3.63) is 29.7 Å². The van der Waals surface area contributed by atoms with Crippen LogP contribution in [0, 0.1) is 18.3 Å². The SMILES string of the molecule is CC.Cc1cn(C(=O)OC(C)(C)C)c2cnc(C#N)cc12. The van der Waals surface area contributed by atoms with Gasteiger partial charge in [0.2, 0.25) is 0 Å². The molecule has 0 amide bonds. The maximum absolute atomic E-state index is 12.1. The van der Waals surface area contributed by atoms with E-state index in [0.29, 0.717) is 11.2 Å². The van der Waals surface area contributed by atoms with E-state index in [1.807, 2.05) is 47.6 Å². The zero-order valence-corrected chi connectivity index (χ0v) is 13.4. The molecule has 0 aliphatic carbocycles. The van der Waals surface area contributed by atoms with Crippen LogP contribution in [0.15, 0.2) is 18.5 Å². The Balaban J connectivity index is 0.00000106. The van der Waals surface area contributed by atoms with E-state index in [9.17, 15) is 4.79 Å². The van der Waals surface area contributed by atoms with Gasteiger partial charge in [-0.2, -0.15) is 5.26 Å². The highest BCUT2D eigenvalue weighted by atomic mass is 16.6. The molecule has 0 unspecified atom stereocenters. The molecule has 0 N–H and O–H groups in total. The summed E-state index contributed by atoms with van der Waals surface area (Å²) in [6.45, 7) is 11.3. The van der Waals surface area contributed by atoms with E-state index in [1.165, 1.54) is 10.8 Å². The molecule has 21 heavy (non-hydrogen) atoms. The molecular formula is C16H21N3O2. The number of nitriles is 1. The normalized spacial score (nSPS) is 10.5. The van der Waals surface area contributed by atoms with Gasteiger partial charge in [0, 0.05) is 11.6 Å². The average Bonchev–Trinajstić information content (AvgIpc) is 2.76. The smallest absolute Gasteiger partial charge is 0.419 e. The van der Waals surface area contributed by atoms with Crippen molar-refractivity contribution in [1.29, 1.82) is 5.26 Å². The van der Waals surface area contributed by atoms with Crippen LogP contribution in [-0.2, 0) is 4.74 Å². The summed E-state index contributed by atoms with van der Waals surface area (Å²) in [5.41, 5.74) is 1.32. The van der Waals surface area contributed by atoms with Crippen molar-refractivity contribution < 1.29 is 9.53 Å². The minimum Gasteiger partial charge on any atom is -0.443 e. The highest BCUT2D eigenvalue weighted by molar-refractivity contribution is 5.91. The molecule has 0 fully saturated rings. The molecule has 0 atom stereocenters. The number of rotatable bonds is 0. The maximum Gasteiger partial charge on any atom is 0.419 e. The third kappa shape index (κ3) is 3.82. The molecule has 2 aromatic heterocycles. The number of aromatic nitrogens is 2. The van der Waals surface area contributed by atoms with Gasteiger partial charge in [-0.1, -0.05) is 13.8 Å². The Morgan fingerprint density at radius 1 is 1.38 bits per heavy atom. The molecule has 112 valence electrons. The van der Waals surface area contributed by atoms with Gasteiger partial charge in [-0.3, -0.25) is 4.57 Å². The standard InChI is InChI=1S/C14H15N3O2.C2H6/c1-9-8-17(13(18)19-14(2,3)4)12-7-16-10(6-15)5-11(9)12;1-2/h5,7-8H,1-4H3;1-2H3. The molecule has 0 aliphatic heterocycles. The second-order valence-electron chi connectivity index (χ2n) is 5.36. The van der Waals surface area contributed by atoms with Crippen molar-refractivity contribution in [2.45, 2.75) is 47.1 Å². The molecular weight excluding hydrogens is 266 g/mol. The van der Waals surface area contributed by atoms with Gasteiger partial charge in [0.05, 0.1) is 11.7 Å². The molecule has 0 saturated heterocycles. The lowest BCUT2D eigenvalue weighted by molar-refractivity contribution is 0.0544. The summed E-state index contributed by atoms with van der Waals surface area (Å²) in [6, 6.07) is 3.66. The number of hydrogen-bond acceptors (Lipinski definition) is 4. The van der Waals surface area contributed by atoms with E-state index in [1.54, 1.807) is 12.3 Å². The fraction of sp³-hybridized carbons (Fsp3) is 0.438. The van der Waals surface area contributed by atoms with Crippen LogP contribution in [0.2, 0.25) is 0 Å². The van der Waals surface area contributed by atoms with Crippen molar-refractivity contribution in [3.63, 3.8) is 0 Å². The Morgan fingerprint density at radius 2 is 2.00 bits per heavy atom. The average molecular weight is 287 g/mol. The number of aryl methyl sites for hydroxylation is 1. The first-order chi connectivity index (χ1) is 9.81. The predicted molar refractivity (Wildman–Crippen MR) is 82.2 cm³/mol. The van der Waals surface area contributed by atoms with Crippen molar-refractivity contribution in [2.75, 3.05) is 0 Å². The first-order valence-electron chi connectivity index (χ1n) is 6.93. The Morgan fingerprint density at radius 3 is 2.52 bits per heavy atom. The van der Waals surface area contributed by atoms with Crippen molar-refractivity contribution in [3.8, 4) is 6.07 Å². The molecule has 0 saturated carbocycles. The molecule has 0 bridgehead atoms. The summed E-state index contributed by atoms with van der Waals surface area (Å²) in [7, 11) is 0. The zero-order valence-electron chi connectivity index (χ0n) is 13.4. The second-order valence-corrected chi connectivity index (χ2v) is 5.36. The van der Waals surface area contributed by atoms with E-state index >= 15 is 0 Å². The molecule has 5 heteroatoms. The van der Waals surface area contributed by atoms with Crippen LogP contribution >= 0.6 is 0 Å². The zero-order chi connectivity index (χ0) is 16.2. The monoisotopic (exact) mass is 287 g/mol. The number of fused-ring (bicyclic) bond motifs is 1. The van der Waals surface area contributed by atoms with Crippen LogP contribution in [0.25, 0.3) is 10.9 Å². The quantitative estimate of drug-likeness (QED) is 0.733. The van der Waals surface area contributed by atoms with E-state index in [0.717, 1.165) is 10.9 Å². The van der Waals surface area contributed by atoms with Crippen LogP contribution in [0.3, 0.4) is 0 Å². The van der Waals surface area contributed by atoms with Gasteiger partial charge in [0.15, 0.2) is 0 Å². The van der Waals surface area contributed by atoms with Crippen LogP contribution in [0.1, 0.15) is 45.9 Å². The Hall–Kier alpha value is -2.35. The van der Waals surface area contributed by atoms with Crippen molar-refractivity contribution in [1.82, 2.24) is 9.55 Å². The fourth-order valence-electron chi connectivity index (χ4n) is 1.81. The molecule has 0 radical (unpaired) electrons. The summed E-state index contributed by atoms with van der Waals surface area (Å²) in [5.74, 6) is 0. The molecule has 2 heterocycles. The molecule has 5 nitrogen and oxygen atoms in total. The first-order valence-corrected chi connectivity index (χ1v) is 6.93. The van der Waals surface area contributed by atoms with E-state index in [2.05, 4.69) is 4.98 Å². The summed E-state index contributed by atoms with van der Waals surface area (Å²) in [6.07, 6.45) is 2.77. The van der Waals surface area contributed by atoms with Gasteiger partial charge >= 0.3 is 6.09 Å². The van der Waals surface area contributed by atoms with Crippen LogP contribution in [-0.4, -0.2) is 21.2 Å². The number of carbonyl (C=O) groups excluding carboxylic acids is 1. The van der Waals surface area contributed by atoms with E-state index in [4.69, 9.17) is 10.00 Å². The number of ether oxygens (including phenoxy) is 1. The van der Waals surface area contributed by atoms with E-state index in [-0.39, 0.29) is 0 Å². The summed E-state index contributed by atoms with van der Waals surface area (Å²) in [4.78, 5) is 16.1. The third-order valence-electron chi connectivity index (χ3n) is 2.59. The van der Waals surface area contributed by atoms with Gasteiger partial charge in [-0.15, -0.1) is 0 Å². The van der Waals surface area contributed by atoms with Gasteiger partial charge in [-0.05, 0) is 39.3 Å². The minimum atomic E-state index is -0.554. The third-order valence-corrected chi connectivity index (χ3v) is 2.59. The summed E-state index contributed by atoms with van der Waals surface area (Å²) >= 11 is 0. The lowest BCUT2D eigenvalue weighted by atomic mass is 10.2. The molecule has 0 aromatic carbocycles. The lowest BCUT2D eigenvalue weighted by Gasteiger charge is -2.19. The van der Waals surface area contributed by atoms with Crippen LogP contribution < -0.4 is 0 Å². The lowest BCUT2D eigenvalue weighted by Crippen LogP contribution is -2.26. The van der Waals surface area contributed by atoms with Gasteiger partial charge < -0.3 is 4.74 Å². The van der Waals surface area contributed by atoms with Crippen LogP contribution in [0.4, 0.5) is 4.79 Å². The van der Waals surface area contributed by atoms with E-state index < -0.39 is 11.7 Å². The summed E-state index contributed by atoms with van der Waals surface area (Å²) in [5, 5.41) is 9.68. The molecule has 0 aliphatic rings. The molecule has 0 spiro atoms. The summed E-state index contributed by atoms with van der Waals surface area (Å²) < 4.78 is 6.75. The Bertz CT molecular complexity index is 688. The van der Waals surface area contributed by atoms with Gasteiger partial charge in [0.25, 0.3) is 0 Å². The fourth-order valence-corrected chi connectivity index (χ4v) is 1.81. The van der Waals surface area contributed by atoms with Crippen molar-refractivity contribution >= 4 is 17.0 Å². The Kier molecular flexibility index (Phi) is 5.09. The minimum absolute atomic E-state index is 0.331.